The summed E-state index contributed by atoms with van der Waals surface area (Å²) in [7, 11) is 0. The van der Waals surface area contributed by atoms with Crippen LogP contribution in [0.15, 0.2) is 71.1 Å². The van der Waals surface area contributed by atoms with E-state index >= 15 is 0 Å². The molecule has 0 atom stereocenters. The lowest BCUT2D eigenvalue weighted by Crippen LogP contribution is -1.85. The molecule has 0 bridgehead atoms. The summed E-state index contributed by atoms with van der Waals surface area (Å²) in [5.74, 6) is 0.526. The van der Waals surface area contributed by atoms with Crippen LogP contribution in [0.4, 0.5) is 0 Å². The van der Waals surface area contributed by atoms with Crippen LogP contribution in [0.2, 0.25) is 0 Å². The zero-order valence-corrected chi connectivity index (χ0v) is 12.8. The highest BCUT2D eigenvalue weighted by atomic mass is 16.3. The third-order valence-corrected chi connectivity index (χ3v) is 4.27. The van der Waals surface area contributed by atoms with Gasteiger partial charge in [-0.1, -0.05) is 56.3 Å². The smallest absolute Gasteiger partial charge is 0.136 e. The van der Waals surface area contributed by atoms with Crippen molar-refractivity contribution >= 4 is 21.9 Å². The summed E-state index contributed by atoms with van der Waals surface area (Å²) in [5.41, 5.74) is 5.67. The topological polar surface area (TPSA) is 13.1 Å². The molecule has 0 aliphatic carbocycles. The van der Waals surface area contributed by atoms with E-state index in [9.17, 15) is 0 Å². The van der Waals surface area contributed by atoms with Gasteiger partial charge in [0.15, 0.2) is 0 Å². The maximum atomic E-state index is 6.05. The van der Waals surface area contributed by atoms with Crippen LogP contribution >= 0.6 is 0 Å². The first-order valence-corrected chi connectivity index (χ1v) is 7.74. The van der Waals surface area contributed by atoms with Gasteiger partial charge in [-0.15, -0.1) is 0 Å². The maximum absolute atomic E-state index is 6.05. The van der Waals surface area contributed by atoms with Gasteiger partial charge in [-0.25, -0.2) is 0 Å². The van der Waals surface area contributed by atoms with Crippen molar-refractivity contribution in [3.05, 3.63) is 72.3 Å². The van der Waals surface area contributed by atoms with Gasteiger partial charge < -0.3 is 4.42 Å². The van der Waals surface area contributed by atoms with Gasteiger partial charge in [0.05, 0.1) is 0 Å². The van der Waals surface area contributed by atoms with Crippen molar-refractivity contribution in [1.82, 2.24) is 0 Å². The van der Waals surface area contributed by atoms with E-state index in [1.165, 1.54) is 27.5 Å². The van der Waals surface area contributed by atoms with Crippen molar-refractivity contribution in [2.24, 2.45) is 0 Å². The molecule has 0 unspecified atom stereocenters. The first-order chi connectivity index (χ1) is 10.7. The van der Waals surface area contributed by atoms with Crippen molar-refractivity contribution in [2.45, 2.75) is 19.8 Å². The van der Waals surface area contributed by atoms with Crippen molar-refractivity contribution in [2.75, 3.05) is 0 Å². The van der Waals surface area contributed by atoms with E-state index in [4.69, 9.17) is 4.42 Å². The molecule has 3 aromatic carbocycles. The summed E-state index contributed by atoms with van der Waals surface area (Å²) in [5, 5.41) is 2.40. The van der Waals surface area contributed by atoms with Crippen LogP contribution in [0.5, 0.6) is 0 Å². The summed E-state index contributed by atoms with van der Waals surface area (Å²) >= 11 is 0. The van der Waals surface area contributed by atoms with E-state index < -0.39 is 0 Å². The van der Waals surface area contributed by atoms with Crippen LogP contribution in [0.3, 0.4) is 0 Å². The average molecular weight is 286 g/mol. The van der Waals surface area contributed by atoms with Crippen LogP contribution in [-0.4, -0.2) is 0 Å². The highest BCUT2D eigenvalue weighted by molar-refractivity contribution is 6.06. The molecule has 0 saturated carbocycles. The van der Waals surface area contributed by atoms with Gasteiger partial charge in [-0.3, -0.25) is 0 Å². The quantitative estimate of drug-likeness (QED) is 0.417. The number of hydrogen-bond acceptors (Lipinski definition) is 1. The van der Waals surface area contributed by atoms with Crippen LogP contribution in [0, 0.1) is 0 Å². The van der Waals surface area contributed by atoms with Crippen molar-refractivity contribution in [1.29, 1.82) is 0 Å². The fourth-order valence-corrected chi connectivity index (χ4v) is 2.96. The van der Waals surface area contributed by atoms with Gasteiger partial charge in [-0.05, 0) is 46.9 Å². The Bertz CT molecular complexity index is 946. The lowest BCUT2D eigenvalue weighted by Gasteiger charge is -2.04. The molecule has 0 spiro atoms. The van der Waals surface area contributed by atoms with Crippen LogP contribution in [0.1, 0.15) is 25.3 Å². The third kappa shape index (κ3) is 2.10. The molecule has 4 rings (SSSR count). The third-order valence-electron chi connectivity index (χ3n) is 4.27. The lowest BCUT2D eigenvalue weighted by atomic mass is 10.00. The van der Waals surface area contributed by atoms with Gasteiger partial charge >= 0.3 is 0 Å². The fourth-order valence-electron chi connectivity index (χ4n) is 2.96. The van der Waals surface area contributed by atoms with Gasteiger partial charge in [0.25, 0.3) is 0 Å². The number of furan rings is 1. The molecule has 4 aromatic rings. The minimum atomic E-state index is 0.526. The second kappa shape index (κ2) is 5.03. The molecule has 1 heterocycles. The molecule has 0 aliphatic rings. The number of fused-ring (bicyclic) bond motifs is 3. The molecule has 0 N–H and O–H groups in total. The molecule has 1 aromatic heterocycles. The summed E-state index contributed by atoms with van der Waals surface area (Å²) in [6.45, 7) is 4.44. The zero-order valence-electron chi connectivity index (χ0n) is 12.8. The molecule has 0 fully saturated rings. The Labute approximate surface area is 130 Å². The van der Waals surface area contributed by atoms with E-state index in [0.717, 1.165) is 11.2 Å². The molecule has 0 saturated heterocycles. The minimum Gasteiger partial charge on any atom is -0.456 e. The van der Waals surface area contributed by atoms with Gasteiger partial charge in [0.1, 0.15) is 11.2 Å². The normalized spacial score (nSPS) is 11.6. The molecule has 22 heavy (non-hydrogen) atoms. The molecule has 0 amide bonds. The second-order valence-corrected chi connectivity index (χ2v) is 6.09. The summed E-state index contributed by atoms with van der Waals surface area (Å²) < 4.78 is 6.05. The van der Waals surface area contributed by atoms with Gasteiger partial charge in [-0.2, -0.15) is 0 Å². The summed E-state index contributed by atoms with van der Waals surface area (Å²) in [6, 6.07) is 23.4. The predicted molar refractivity (Wildman–Crippen MR) is 93.2 cm³/mol. The summed E-state index contributed by atoms with van der Waals surface area (Å²) in [6.07, 6.45) is 0. The van der Waals surface area contributed by atoms with Gasteiger partial charge in [0.2, 0.25) is 0 Å². The fraction of sp³-hybridized carbons (Fsp3) is 0.143. The Morgan fingerprint density at radius 2 is 1.50 bits per heavy atom. The Morgan fingerprint density at radius 3 is 2.27 bits per heavy atom. The lowest BCUT2D eigenvalue weighted by molar-refractivity contribution is 0.668. The zero-order chi connectivity index (χ0) is 15.1. The second-order valence-electron chi connectivity index (χ2n) is 6.09. The standard InChI is InChI=1S/C21H18O/c1-14(2)16-9-11-20-19(12-16)18-10-8-17(13-21(18)22-20)15-6-4-3-5-7-15/h3-14H,1-2H3. The van der Waals surface area contributed by atoms with Crippen LogP contribution < -0.4 is 0 Å². The average Bonchev–Trinajstić information content (AvgIpc) is 2.92. The molecule has 108 valence electrons. The monoisotopic (exact) mass is 286 g/mol. The summed E-state index contributed by atoms with van der Waals surface area (Å²) in [4.78, 5) is 0. The van der Waals surface area contributed by atoms with Crippen molar-refractivity contribution in [3.63, 3.8) is 0 Å². The first kappa shape index (κ1) is 13.1. The Hall–Kier alpha value is -2.54. The number of benzene rings is 3. The van der Waals surface area contributed by atoms with E-state index in [1.54, 1.807) is 0 Å². The van der Waals surface area contributed by atoms with Crippen molar-refractivity contribution < 1.29 is 4.42 Å². The highest BCUT2D eigenvalue weighted by Crippen LogP contribution is 2.33. The SMILES string of the molecule is CC(C)c1ccc2oc3cc(-c4ccccc4)ccc3c2c1. The predicted octanol–water partition coefficient (Wildman–Crippen LogP) is 6.38. The maximum Gasteiger partial charge on any atom is 0.136 e. The molecule has 0 aliphatic heterocycles. The van der Waals surface area contributed by atoms with Crippen molar-refractivity contribution in [3.8, 4) is 11.1 Å². The largest absolute Gasteiger partial charge is 0.456 e. The van der Waals surface area contributed by atoms with Crippen LogP contribution in [0.25, 0.3) is 33.1 Å². The molecule has 1 nitrogen and oxygen atoms in total. The molecule has 0 radical (unpaired) electrons. The van der Waals surface area contributed by atoms with Gasteiger partial charge in [0, 0.05) is 10.8 Å². The minimum absolute atomic E-state index is 0.526. The number of rotatable bonds is 2. The molecular formula is C21H18O. The Kier molecular flexibility index (Phi) is 3.00. The Morgan fingerprint density at radius 1 is 0.682 bits per heavy atom. The Balaban J connectivity index is 1.93. The molecular weight excluding hydrogens is 268 g/mol. The molecule has 1 heteroatoms. The van der Waals surface area contributed by atoms with E-state index in [-0.39, 0.29) is 0 Å². The highest BCUT2D eigenvalue weighted by Gasteiger charge is 2.10. The van der Waals surface area contributed by atoms with E-state index in [1.807, 2.05) is 6.07 Å². The van der Waals surface area contributed by atoms with E-state index in [0.29, 0.717) is 5.92 Å². The van der Waals surface area contributed by atoms with E-state index in [2.05, 4.69) is 74.5 Å². The van der Waals surface area contributed by atoms with Crippen LogP contribution in [-0.2, 0) is 0 Å². The first-order valence-electron chi connectivity index (χ1n) is 7.74. The number of hydrogen-bond donors (Lipinski definition) is 0.